The molecular weight excluding hydrogens is 302 g/mol. The normalized spacial score (nSPS) is 14.3. The first kappa shape index (κ1) is 12.9. The molecule has 0 saturated heterocycles. The third kappa shape index (κ3) is 2.45. The van der Waals surface area contributed by atoms with Crippen LogP contribution in [0.2, 0.25) is 5.02 Å². The van der Waals surface area contributed by atoms with Crippen LogP contribution in [0.5, 0.6) is 0 Å². The lowest BCUT2D eigenvalue weighted by molar-refractivity contribution is 0.930. The van der Waals surface area contributed by atoms with Crippen LogP contribution in [0, 0.1) is 0 Å². The van der Waals surface area contributed by atoms with Crippen molar-refractivity contribution in [3.8, 4) is 22.5 Å². The Kier molecular flexibility index (Phi) is 3.20. The van der Waals surface area contributed by atoms with E-state index in [1.807, 2.05) is 41.4 Å². The Morgan fingerprint density at radius 1 is 1.10 bits per heavy atom. The van der Waals surface area contributed by atoms with E-state index in [2.05, 4.69) is 9.97 Å². The summed E-state index contributed by atoms with van der Waals surface area (Å²) >= 11 is 7.90. The maximum atomic E-state index is 6.33. The van der Waals surface area contributed by atoms with Gasteiger partial charge in [0.25, 0.3) is 0 Å². The van der Waals surface area contributed by atoms with Gasteiger partial charge in [0.15, 0.2) is 0 Å². The van der Waals surface area contributed by atoms with Gasteiger partial charge in [-0.1, -0.05) is 29.8 Å². The summed E-state index contributed by atoms with van der Waals surface area (Å²) in [6.07, 6.45) is 4.25. The summed E-state index contributed by atoms with van der Waals surface area (Å²) in [5, 5.41) is 2.72. The van der Waals surface area contributed by atoms with Gasteiger partial charge in [0.05, 0.1) is 5.51 Å². The van der Waals surface area contributed by atoms with E-state index in [0.717, 1.165) is 28.3 Å². The SMILES string of the molecule is Clc1ccccc1-c1cnc(C2CC2)nc1-c1cscn1. The number of hydrogen-bond acceptors (Lipinski definition) is 4. The topological polar surface area (TPSA) is 38.7 Å². The minimum Gasteiger partial charge on any atom is -0.243 e. The minimum atomic E-state index is 0.516. The van der Waals surface area contributed by atoms with Gasteiger partial charge in [0.1, 0.15) is 17.2 Å². The predicted molar refractivity (Wildman–Crippen MR) is 85.6 cm³/mol. The van der Waals surface area contributed by atoms with Crippen molar-refractivity contribution in [2.24, 2.45) is 0 Å². The van der Waals surface area contributed by atoms with E-state index in [1.165, 1.54) is 12.8 Å². The Balaban J connectivity index is 1.92. The van der Waals surface area contributed by atoms with E-state index in [1.54, 1.807) is 11.3 Å². The molecule has 1 aromatic carbocycles. The Bertz CT molecular complexity index is 782. The highest BCUT2D eigenvalue weighted by Gasteiger charge is 2.28. The van der Waals surface area contributed by atoms with Crippen LogP contribution < -0.4 is 0 Å². The summed E-state index contributed by atoms with van der Waals surface area (Å²) in [5.74, 6) is 1.44. The molecule has 21 heavy (non-hydrogen) atoms. The fourth-order valence-electron chi connectivity index (χ4n) is 2.34. The van der Waals surface area contributed by atoms with Crippen molar-refractivity contribution < 1.29 is 0 Å². The Hall–Kier alpha value is -1.78. The third-order valence-corrected chi connectivity index (χ3v) is 4.50. The van der Waals surface area contributed by atoms with Crippen LogP contribution in [0.25, 0.3) is 22.5 Å². The highest BCUT2D eigenvalue weighted by atomic mass is 35.5. The zero-order chi connectivity index (χ0) is 14.2. The largest absolute Gasteiger partial charge is 0.243 e. The molecule has 4 rings (SSSR count). The van der Waals surface area contributed by atoms with Crippen molar-refractivity contribution in [2.75, 3.05) is 0 Å². The van der Waals surface area contributed by atoms with Gasteiger partial charge in [0.2, 0.25) is 0 Å². The quantitative estimate of drug-likeness (QED) is 0.697. The Morgan fingerprint density at radius 3 is 2.67 bits per heavy atom. The molecule has 1 aliphatic rings. The molecule has 2 aromatic heterocycles. The Morgan fingerprint density at radius 2 is 1.95 bits per heavy atom. The molecule has 2 heterocycles. The zero-order valence-corrected chi connectivity index (χ0v) is 12.7. The molecule has 1 aliphatic carbocycles. The first-order chi connectivity index (χ1) is 10.3. The molecule has 104 valence electrons. The van der Waals surface area contributed by atoms with E-state index >= 15 is 0 Å². The van der Waals surface area contributed by atoms with Gasteiger partial charge in [-0.25, -0.2) is 15.0 Å². The van der Waals surface area contributed by atoms with Crippen molar-refractivity contribution in [1.29, 1.82) is 0 Å². The second-order valence-electron chi connectivity index (χ2n) is 5.12. The van der Waals surface area contributed by atoms with Gasteiger partial charge in [-0.15, -0.1) is 11.3 Å². The summed E-state index contributed by atoms with van der Waals surface area (Å²) in [7, 11) is 0. The van der Waals surface area contributed by atoms with Crippen LogP contribution >= 0.6 is 22.9 Å². The maximum absolute atomic E-state index is 6.33. The van der Waals surface area contributed by atoms with E-state index in [-0.39, 0.29) is 0 Å². The van der Waals surface area contributed by atoms with Gasteiger partial charge in [0, 0.05) is 33.6 Å². The number of aromatic nitrogens is 3. The highest BCUT2D eigenvalue weighted by molar-refractivity contribution is 7.07. The Labute approximate surface area is 131 Å². The highest BCUT2D eigenvalue weighted by Crippen LogP contribution is 2.40. The second kappa shape index (κ2) is 5.20. The van der Waals surface area contributed by atoms with Gasteiger partial charge >= 0.3 is 0 Å². The molecule has 0 unspecified atom stereocenters. The lowest BCUT2D eigenvalue weighted by Gasteiger charge is -2.10. The molecule has 3 nitrogen and oxygen atoms in total. The number of halogens is 1. The smallest absolute Gasteiger partial charge is 0.132 e. The molecule has 0 N–H and O–H groups in total. The van der Waals surface area contributed by atoms with E-state index in [4.69, 9.17) is 16.6 Å². The first-order valence-corrected chi connectivity index (χ1v) is 8.15. The van der Waals surface area contributed by atoms with Gasteiger partial charge in [-0.3, -0.25) is 0 Å². The monoisotopic (exact) mass is 313 g/mol. The van der Waals surface area contributed by atoms with Crippen molar-refractivity contribution in [3.05, 3.63) is 52.2 Å². The van der Waals surface area contributed by atoms with E-state index in [0.29, 0.717) is 10.9 Å². The summed E-state index contributed by atoms with van der Waals surface area (Å²) < 4.78 is 0. The summed E-state index contributed by atoms with van der Waals surface area (Å²) in [6.45, 7) is 0. The fourth-order valence-corrected chi connectivity index (χ4v) is 3.11. The first-order valence-electron chi connectivity index (χ1n) is 6.83. The number of rotatable bonds is 3. The fraction of sp³-hybridized carbons (Fsp3) is 0.188. The average Bonchev–Trinajstić information content (AvgIpc) is 3.22. The molecule has 0 amide bonds. The summed E-state index contributed by atoms with van der Waals surface area (Å²) in [4.78, 5) is 13.7. The molecule has 0 spiro atoms. The molecule has 0 bridgehead atoms. The van der Waals surface area contributed by atoms with Crippen molar-refractivity contribution in [1.82, 2.24) is 15.0 Å². The van der Waals surface area contributed by atoms with Crippen LogP contribution in [0.4, 0.5) is 0 Å². The molecule has 3 aromatic rings. The van der Waals surface area contributed by atoms with E-state index in [9.17, 15) is 0 Å². The molecule has 0 aliphatic heterocycles. The average molecular weight is 314 g/mol. The molecule has 1 fully saturated rings. The zero-order valence-electron chi connectivity index (χ0n) is 11.2. The lowest BCUT2D eigenvalue weighted by atomic mass is 10.0. The minimum absolute atomic E-state index is 0.516. The number of hydrogen-bond donors (Lipinski definition) is 0. The van der Waals surface area contributed by atoms with E-state index < -0.39 is 0 Å². The third-order valence-electron chi connectivity index (χ3n) is 3.59. The van der Waals surface area contributed by atoms with Crippen molar-refractivity contribution in [3.63, 3.8) is 0 Å². The molecule has 0 radical (unpaired) electrons. The van der Waals surface area contributed by atoms with Gasteiger partial charge in [-0.2, -0.15) is 0 Å². The van der Waals surface area contributed by atoms with Crippen molar-refractivity contribution >= 4 is 22.9 Å². The van der Waals surface area contributed by atoms with Crippen LogP contribution in [-0.2, 0) is 0 Å². The summed E-state index contributed by atoms with van der Waals surface area (Å²) in [5.41, 5.74) is 5.48. The van der Waals surface area contributed by atoms with Crippen molar-refractivity contribution in [2.45, 2.75) is 18.8 Å². The van der Waals surface area contributed by atoms with Gasteiger partial charge < -0.3 is 0 Å². The van der Waals surface area contributed by atoms with Gasteiger partial charge in [-0.05, 0) is 18.9 Å². The number of benzene rings is 1. The van der Waals surface area contributed by atoms with Crippen LogP contribution in [0.15, 0.2) is 41.4 Å². The maximum Gasteiger partial charge on any atom is 0.132 e. The lowest BCUT2D eigenvalue weighted by Crippen LogP contribution is -1.98. The molecule has 0 atom stereocenters. The number of nitrogens with zero attached hydrogens (tertiary/aromatic N) is 3. The molecular formula is C16H12ClN3S. The molecule has 1 saturated carbocycles. The van der Waals surface area contributed by atoms with Crippen LogP contribution in [0.3, 0.4) is 0 Å². The second-order valence-corrected chi connectivity index (χ2v) is 6.24. The van der Waals surface area contributed by atoms with Crippen LogP contribution in [-0.4, -0.2) is 15.0 Å². The standard InChI is InChI=1S/C16H12ClN3S/c17-13-4-2-1-3-11(13)12-7-18-16(10-5-6-10)20-15(12)14-8-21-9-19-14/h1-4,7-10H,5-6H2. The predicted octanol–water partition coefficient (Wildman–Crippen LogP) is 4.80. The van der Waals surface area contributed by atoms with Crippen LogP contribution in [0.1, 0.15) is 24.6 Å². The molecule has 5 heteroatoms. The summed E-state index contributed by atoms with van der Waals surface area (Å²) in [6, 6.07) is 7.78. The number of thiazole rings is 1.